The van der Waals surface area contributed by atoms with Crippen LogP contribution in [0.1, 0.15) is 47.2 Å². The summed E-state index contributed by atoms with van der Waals surface area (Å²) in [5.74, 6) is -3.13. The van der Waals surface area contributed by atoms with E-state index in [0.29, 0.717) is 16.9 Å². The molecule has 0 fully saturated rings. The van der Waals surface area contributed by atoms with Crippen molar-refractivity contribution in [2.45, 2.75) is 42.6 Å². The molecule has 1 amide bonds. The molecule has 1 aliphatic carbocycles. The molecule has 272 valence electrons. The first-order valence-electron chi connectivity index (χ1n) is 15.9. The third kappa shape index (κ3) is 6.81. The monoisotopic (exact) mass is 742 g/mol. The van der Waals surface area contributed by atoms with Gasteiger partial charge in [-0.2, -0.15) is 5.23 Å². The van der Waals surface area contributed by atoms with Crippen LogP contribution >= 0.6 is 23.4 Å². The zero-order valence-electron chi connectivity index (χ0n) is 28.9. The molecule has 4 atom stereocenters. The molecule has 51 heavy (non-hydrogen) atoms. The molecular weight excluding hydrogens is 704 g/mol. The van der Waals surface area contributed by atoms with Gasteiger partial charge in [-0.05, 0) is 36.4 Å². The Morgan fingerprint density at radius 2 is 1.69 bits per heavy atom. The minimum atomic E-state index is -2.02. The zero-order valence-corrected chi connectivity index (χ0v) is 30.5. The lowest BCUT2D eigenvalue weighted by Crippen LogP contribution is -2.99. The van der Waals surface area contributed by atoms with Crippen molar-refractivity contribution in [1.82, 2.24) is 5.32 Å². The Labute approximate surface area is 303 Å². The minimum Gasteiger partial charge on any atom is -0.595 e. The van der Waals surface area contributed by atoms with Gasteiger partial charge in [0.1, 0.15) is 22.1 Å². The molecule has 5 rings (SSSR count). The van der Waals surface area contributed by atoms with Crippen LogP contribution in [0.2, 0.25) is 5.02 Å². The third-order valence-corrected chi connectivity index (χ3v) is 10.4. The Morgan fingerprint density at radius 3 is 2.27 bits per heavy atom. The van der Waals surface area contributed by atoms with Crippen molar-refractivity contribution in [2.24, 2.45) is 5.92 Å². The van der Waals surface area contributed by atoms with E-state index in [2.05, 4.69) is 5.32 Å². The normalized spacial score (nSPS) is 19.4. The summed E-state index contributed by atoms with van der Waals surface area (Å²) in [6, 6.07) is 11.6. The number of hydrogen-bond donors (Lipinski definition) is 4. The molecular formula is C36H39ClN2O11S. The lowest BCUT2D eigenvalue weighted by Gasteiger charge is -2.38. The molecule has 0 saturated carbocycles. The van der Waals surface area contributed by atoms with Crippen molar-refractivity contribution >= 4 is 46.5 Å². The van der Waals surface area contributed by atoms with Gasteiger partial charge >= 0.3 is 0 Å². The highest BCUT2D eigenvalue weighted by molar-refractivity contribution is 7.98. The maximum absolute atomic E-state index is 14.3. The van der Waals surface area contributed by atoms with Crippen molar-refractivity contribution in [2.75, 3.05) is 41.2 Å². The van der Waals surface area contributed by atoms with Crippen molar-refractivity contribution in [3.63, 3.8) is 0 Å². The average molecular weight is 743 g/mol. The van der Waals surface area contributed by atoms with E-state index in [9.17, 15) is 29.9 Å². The van der Waals surface area contributed by atoms with E-state index in [0.717, 1.165) is 4.90 Å². The van der Waals surface area contributed by atoms with Crippen LogP contribution in [0.3, 0.4) is 0 Å². The summed E-state index contributed by atoms with van der Waals surface area (Å²) in [6.45, 7) is 1.67. The van der Waals surface area contributed by atoms with Gasteiger partial charge < -0.3 is 39.3 Å². The molecule has 3 aromatic rings. The van der Waals surface area contributed by atoms with E-state index in [1.54, 1.807) is 25.1 Å². The Balaban J connectivity index is 1.51. The van der Waals surface area contributed by atoms with E-state index in [-0.39, 0.29) is 70.7 Å². The van der Waals surface area contributed by atoms with E-state index in [4.69, 9.17) is 35.3 Å². The predicted octanol–water partition coefficient (Wildman–Crippen LogP) is 4.77. The SMILES string of the molecule is COc1cc(CCNC(=O)CC(C2=C(O)C3(Oc4c(Cl)c(OC)cc(OC)c4C3=O)C(C)CC2=O)c2ccc(SC)cc2)c([NH+]([O-])O)cc1OC. The van der Waals surface area contributed by atoms with Crippen molar-refractivity contribution in [3.05, 3.63) is 80.7 Å². The molecule has 0 radical (unpaired) electrons. The number of Topliss-reactive ketones (excluding diaryl/α,β-unsaturated/α-hetero) is 2. The number of carbonyl (C=O) groups excluding carboxylic acids is 3. The largest absolute Gasteiger partial charge is 0.595 e. The lowest BCUT2D eigenvalue weighted by molar-refractivity contribution is -0.991. The number of ketones is 2. The molecule has 1 aliphatic heterocycles. The second-order valence-corrected chi connectivity index (χ2v) is 13.3. The van der Waals surface area contributed by atoms with Gasteiger partial charge in [0.25, 0.3) is 0 Å². The number of aliphatic hydroxyl groups is 1. The number of thioether (sulfide) groups is 1. The summed E-state index contributed by atoms with van der Waals surface area (Å²) in [6.07, 6.45) is 1.59. The Morgan fingerprint density at radius 1 is 1.06 bits per heavy atom. The number of rotatable bonds is 13. The average Bonchev–Trinajstić information content (AvgIpc) is 3.44. The Hall–Kier alpha value is -4.47. The van der Waals surface area contributed by atoms with Gasteiger partial charge in [-0.3, -0.25) is 14.4 Å². The Bertz CT molecular complexity index is 1880. The summed E-state index contributed by atoms with van der Waals surface area (Å²) < 4.78 is 27.7. The van der Waals surface area contributed by atoms with E-state index >= 15 is 0 Å². The smallest absolute Gasteiger partial charge is 0.231 e. The molecule has 3 aromatic carbocycles. The number of nitrogens with one attached hydrogen (secondary N) is 2. The van der Waals surface area contributed by atoms with Gasteiger partial charge in [-0.15, -0.1) is 11.8 Å². The van der Waals surface area contributed by atoms with E-state index in [1.807, 2.05) is 18.4 Å². The molecule has 4 unspecified atom stereocenters. The summed E-state index contributed by atoms with van der Waals surface area (Å²) >= 11 is 8.10. The fourth-order valence-electron chi connectivity index (χ4n) is 6.68. The molecule has 0 aromatic heterocycles. The highest BCUT2D eigenvalue weighted by atomic mass is 35.5. The molecule has 0 bridgehead atoms. The van der Waals surface area contributed by atoms with Gasteiger partial charge in [-0.25, -0.2) is 5.21 Å². The summed E-state index contributed by atoms with van der Waals surface area (Å²) in [5, 5.41) is 35.5. The number of amides is 1. The number of methoxy groups -OCH3 is 4. The molecule has 0 saturated heterocycles. The second kappa shape index (κ2) is 15.4. The van der Waals surface area contributed by atoms with Gasteiger partial charge in [0.2, 0.25) is 17.3 Å². The number of hydrogen-bond acceptors (Lipinski definition) is 12. The highest BCUT2D eigenvalue weighted by Gasteiger charge is 2.61. The number of benzene rings is 3. The summed E-state index contributed by atoms with van der Waals surface area (Å²) in [4.78, 5) is 42.8. The quantitative estimate of drug-likeness (QED) is 0.140. The number of carbonyl (C=O) groups is 3. The van der Waals surface area contributed by atoms with E-state index in [1.165, 1.54) is 52.3 Å². The van der Waals surface area contributed by atoms with Crippen LogP contribution in [0, 0.1) is 11.1 Å². The van der Waals surface area contributed by atoms with Crippen LogP contribution in [0.25, 0.3) is 0 Å². The second-order valence-electron chi connectivity index (χ2n) is 12.1. The van der Waals surface area contributed by atoms with Crippen molar-refractivity contribution in [3.8, 4) is 28.7 Å². The topological polar surface area (TPSA) is 177 Å². The number of halogens is 1. The molecule has 2 aliphatic rings. The number of fused-ring (bicyclic) bond motifs is 1. The zero-order chi connectivity index (χ0) is 37.2. The molecule has 1 spiro atoms. The van der Waals surface area contributed by atoms with Gasteiger partial charge in [0, 0.05) is 59.4 Å². The fraction of sp³-hybridized carbons (Fsp3) is 0.361. The van der Waals surface area contributed by atoms with Crippen LogP contribution < -0.4 is 34.2 Å². The maximum Gasteiger partial charge on any atom is 0.231 e. The van der Waals surface area contributed by atoms with Gasteiger partial charge in [0.05, 0.1) is 28.4 Å². The first kappa shape index (κ1) is 37.8. The number of ether oxygens (including phenoxy) is 5. The van der Waals surface area contributed by atoms with Crippen molar-refractivity contribution in [1.29, 1.82) is 0 Å². The lowest BCUT2D eigenvalue weighted by atomic mass is 9.69. The summed E-state index contributed by atoms with van der Waals surface area (Å²) in [7, 11) is 5.60. The van der Waals surface area contributed by atoms with Crippen LogP contribution in [0.15, 0.2) is 58.7 Å². The van der Waals surface area contributed by atoms with Crippen LogP contribution in [0.4, 0.5) is 5.69 Å². The molecule has 15 heteroatoms. The minimum absolute atomic E-state index is 0.00101. The third-order valence-electron chi connectivity index (χ3n) is 9.32. The number of aliphatic hydroxyl groups excluding tert-OH is 1. The predicted molar refractivity (Wildman–Crippen MR) is 188 cm³/mol. The van der Waals surface area contributed by atoms with Crippen LogP contribution in [-0.4, -0.2) is 74.6 Å². The van der Waals surface area contributed by atoms with Gasteiger partial charge in [0.15, 0.2) is 34.5 Å². The Kier molecular flexibility index (Phi) is 11.4. The molecule has 13 nitrogen and oxygen atoms in total. The maximum atomic E-state index is 14.3. The molecule has 1 heterocycles. The fourth-order valence-corrected chi connectivity index (χ4v) is 7.36. The van der Waals surface area contributed by atoms with Crippen molar-refractivity contribution < 1.29 is 53.6 Å². The van der Waals surface area contributed by atoms with Crippen LogP contribution in [0.5, 0.6) is 28.7 Å². The first-order valence-corrected chi connectivity index (χ1v) is 17.5. The number of allylic oxidation sites excluding steroid dienone is 1. The standard InChI is InChI=1S/C36H39ClN2O11S/c1-18-13-24(40)30(34(42)36(18)35(43)31-27(48-4)17-28(49-5)32(37)33(31)50-36)22(19-7-9-21(51-6)10-8-19)15-29(41)38-12-11-20-14-25(46-2)26(47-3)16-23(20)39(44)45/h7-10,14,16-18,22,39,42,44H,11-13,15H2,1-6H3,(H,38,41). The van der Waals surface area contributed by atoms with Crippen LogP contribution in [-0.2, 0) is 16.0 Å². The van der Waals surface area contributed by atoms with E-state index < -0.39 is 45.9 Å². The summed E-state index contributed by atoms with van der Waals surface area (Å²) in [5.41, 5.74) is -1.20. The number of quaternary nitrogens is 1. The molecule has 4 N–H and O–H groups in total. The first-order chi connectivity index (χ1) is 24.4. The highest BCUT2D eigenvalue weighted by Crippen LogP contribution is 2.55. The van der Waals surface area contributed by atoms with Gasteiger partial charge in [-0.1, -0.05) is 30.7 Å².